The summed E-state index contributed by atoms with van der Waals surface area (Å²) in [7, 11) is 0. The van der Waals surface area contributed by atoms with Gasteiger partial charge in [-0.25, -0.2) is 0 Å². The average molecular weight is 451 g/mol. The Hall–Kier alpha value is -2.42. The molecule has 148 valence electrons. The molecule has 0 spiro atoms. The molecule has 1 fully saturated rings. The number of piperidine rings is 1. The molecule has 1 N–H and O–H groups in total. The summed E-state index contributed by atoms with van der Waals surface area (Å²) in [5.74, 6) is -0.817. The number of carbonyl (C=O) groups is 1. The van der Waals surface area contributed by atoms with Gasteiger partial charge in [0.1, 0.15) is 11.6 Å². The number of aliphatic hydroxyl groups is 1. The fourth-order valence-electron chi connectivity index (χ4n) is 4.82. The molecule has 0 aromatic heterocycles. The Morgan fingerprint density at radius 2 is 1.90 bits per heavy atom. The first kappa shape index (κ1) is 19.9. The number of amides is 1. The van der Waals surface area contributed by atoms with E-state index in [1.54, 1.807) is 0 Å². The average Bonchev–Trinajstić information content (AvgIpc) is 2.72. The minimum Gasteiger partial charge on any atom is -0.373 e. The van der Waals surface area contributed by atoms with E-state index in [4.69, 9.17) is 0 Å². The number of aliphatic hydroxyl groups excluding tert-OH is 1. The topological polar surface area (TPSA) is 64.3 Å². The van der Waals surface area contributed by atoms with Crippen molar-refractivity contribution in [1.29, 1.82) is 5.26 Å². The summed E-state index contributed by atoms with van der Waals surface area (Å²) in [5, 5.41) is 21.2. The molecule has 4 nitrogen and oxygen atoms in total. The Balaban J connectivity index is 1.78. The number of benzene rings is 2. The van der Waals surface area contributed by atoms with Crippen LogP contribution in [-0.4, -0.2) is 22.1 Å². The quantitative estimate of drug-likeness (QED) is 0.685. The summed E-state index contributed by atoms with van der Waals surface area (Å²) in [6.45, 7) is 2.34. The van der Waals surface area contributed by atoms with Crippen molar-refractivity contribution >= 4 is 21.8 Å². The molecule has 5 heteroatoms. The maximum Gasteiger partial charge on any atom is 0.246 e. The van der Waals surface area contributed by atoms with Gasteiger partial charge in [-0.3, -0.25) is 4.79 Å². The van der Waals surface area contributed by atoms with Crippen LogP contribution in [0.1, 0.15) is 36.8 Å². The largest absolute Gasteiger partial charge is 0.373 e. The molecule has 0 saturated carbocycles. The lowest BCUT2D eigenvalue weighted by atomic mass is 9.56. The molecule has 2 aliphatic rings. The van der Waals surface area contributed by atoms with E-state index < -0.39 is 11.6 Å². The Morgan fingerprint density at radius 1 is 1.21 bits per heavy atom. The van der Waals surface area contributed by atoms with Gasteiger partial charge in [-0.05, 0) is 36.6 Å². The standard InChI is InChI=1S/C24H23BrN2O2/c1-16-11-19-13-22(28)27(14-17-5-3-2-4-6-17)23(29)24(19,15-26)21(12-16)18-7-9-20(25)10-8-18/h2-11,19,21-22,28H,12-14H2,1H3/t19-,21-,22+,24+/m1/s1. The molecule has 29 heavy (non-hydrogen) atoms. The molecule has 4 rings (SSSR count). The second kappa shape index (κ2) is 7.78. The fraction of sp³-hybridized carbons (Fsp3) is 0.333. The summed E-state index contributed by atoms with van der Waals surface area (Å²) >= 11 is 3.46. The predicted molar refractivity (Wildman–Crippen MR) is 114 cm³/mol. The van der Waals surface area contributed by atoms with E-state index in [1.165, 1.54) is 4.90 Å². The van der Waals surface area contributed by atoms with Crippen molar-refractivity contribution in [2.24, 2.45) is 11.3 Å². The summed E-state index contributed by atoms with van der Waals surface area (Å²) in [6.07, 6.45) is 2.16. The van der Waals surface area contributed by atoms with Gasteiger partial charge < -0.3 is 10.0 Å². The highest BCUT2D eigenvalue weighted by Gasteiger charge is 2.59. The molecule has 1 saturated heterocycles. The number of halogens is 1. The monoisotopic (exact) mass is 450 g/mol. The molecule has 1 aliphatic carbocycles. The van der Waals surface area contributed by atoms with E-state index in [0.717, 1.165) is 21.2 Å². The van der Waals surface area contributed by atoms with Gasteiger partial charge in [-0.15, -0.1) is 0 Å². The molecule has 0 unspecified atom stereocenters. The van der Waals surface area contributed by atoms with Crippen LogP contribution >= 0.6 is 15.9 Å². The SMILES string of the molecule is CC1=C[C@@H]2C[C@H](O)N(Cc3ccccc3)C(=O)[C@]2(C#N)[C@@H](c2ccc(Br)cc2)C1. The smallest absolute Gasteiger partial charge is 0.246 e. The third kappa shape index (κ3) is 3.41. The minimum atomic E-state index is -1.21. The first-order valence-corrected chi connectivity index (χ1v) is 10.6. The lowest BCUT2D eigenvalue weighted by Crippen LogP contribution is -2.59. The number of fused-ring (bicyclic) bond motifs is 1. The zero-order valence-corrected chi connectivity index (χ0v) is 17.8. The van der Waals surface area contributed by atoms with Crippen molar-refractivity contribution in [2.45, 2.75) is 38.5 Å². The molecule has 0 radical (unpaired) electrons. The van der Waals surface area contributed by atoms with Crippen LogP contribution in [0.3, 0.4) is 0 Å². The first-order valence-electron chi connectivity index (χ1n) is 9.82. The lowest BCUT2D eigenvalue weighted by Gasteiger charge is -2.50. The zero-order valence-electron chi connectivity index (χ0n) is 16.3. The normalized spacial score (nSPS) is 29.0. The summed E-state index contributed by atoms with van der Waals surface area (Å²) in [5.41, 5.74) is 1.87. The number of hydrogen-bond donors (Lipinski definition) is 1. The van der Waals surface area contributed by atoms with Crippen LogP contribution in [-0.2, 0) is 11.3 Å². The van der Waals surface area contributed by atoms with Gasteiger partial charge in [-0.2, -0.15) is 5.26 Å². The first-order chi connectivity index (χ1) is 14.0. The van der Waals surface area contributed by atoms with Gasteiger partial charge in [0.25, 0.3) is 0 Å². The molecular weight excluding hydrogens is 428 g/mol. The maximum atomic E-state index is 13.8. The van der Waals surface area contributed by atoms with Crippen molar-refractivity contribution in [2.75, 3.05) is 0 Å². The molecule has 4 atom stereocenters. The number of nitrogens with zero attached hydrogens (tertiary/aromatic N) is 2. The van der Waals surface area contributed by atoms with Crippen molar-refractivity contribution < 1.29 is 9.90 Å². The molecule has 2 aromatic carbocycles. The van der Waals surface area contributed by atoms with E-state index >= 15 is 0 Å². The third-order valence-corrected chi connectivity index (χ3v) is 6.77. The molecule has 0 bridgehead atoms. The van der Waals surface area contributed by atoms with E-state index in [0.29, 0.717) is 19.4 Å². The minimum absolute atomic E-state index is 0.242. The van der Waals surface area contributed by atoms with E-state index in [-0.39, 0.29) is 17.7 Å². The molecule has 1 heterocycles. The fourth-order valence-corrected chi connectivity index (χ4v) is 5.08. The van der Waals surface area contributed by atoms with Crippen molar-refractivity contribution in [1.82, 2.24) is 4.90 Å². The van der Waals surface area contributed by atoms with E-state index in [1.807, 2.05) is 67.6 Å². The van der Waals surface area contributed by atoms with E-state index in [9.17, 15) is 15.2 Å². The van der Waals surface area contributed by atoms with Gasteiger partial charge in [0, 0.05) is 29.3 Å². The van der Waals surface area contributed by atoms with Crippen LogP contribution in [0.15, 0.2) is 70.7 Å². The van der Waals surface area contributed by atoms with Gasteiger partial charge in [0.05, 0.1) is 6.07 Å². The molecular formula is C24H23BrN2O2. The Labute approximate surface area is 179 Å². The lowest BCUT2D eigenvalue weighted by molar-refractivity contribution is -0.166. The number of nitriles is 1. The second-order valence-corrected chi connectivity index (χ2v) is 8.96. The summed E-state index contributed by atoms with van der Waals surface area (Å²) in [6, 6.07) is 19.9. The number of allylic oxidation sites excluding steroid dienone is 2. The number of hydrogen-bond acceptors (Lipinski definition) is 3. The van der Waals surface area contributed by atoms with Crippen molar-refractivity contribution in [3.05, 3.63) is 81.8 Å². The maximum absolute atomic E-state index is 13.8. The number of likely N-dealkylation sites (tertiary alicyclic amines) is 1. The van der Waals surface area contributed by atoms with Crippen LogP contribution < -0.4 is 0 Å². The van der Waals surface area contributed by atoms with Gasteiger partial charge in [0.15, 0.2) is 0 Å². The van der Waals surface area contributed by atoms with Crippen LogP contribution in [0.25, 0.3) is 0 Å². The number of rotatable bonds is 3. The van der Waals surface area contributed by atoms with Crippen molar-refractivity contribution in [3.63, 3.8) is 0 Å². The summed E-state index contributed by atoms with van der Waals surface area (Å²) < 4.78 is 0.961. The van der Waals surface area contributed by atoms with Crippen molar-refractivity contribution in [3.8, 4) is 6.07 Å². The molecule has 1 aliphatic heterocycles. The number of carbonyl (C=O) groups excluding carboxylic acids is 1. The highest BCUT2D eigenvalue weighted by Crippen LogP contribution is 2.54. The second-order valence-electron chi connectivity index (χ2n) is 8.04. The van der Waals surface area contributed by atoms with Crippen LogP contribution in [0.2, 0.25) is 0 Å². The molecule has 2 aromatic rings. The Bertz CT molecular complexity index is 980. The zero-order chi connectivity index (χ0) is 20.6. The Morgan fingerprint density at radius 3 is 2.55 bits per heavy atom. The highest BCUT2D eigenvalue weighted by molar-refractivity contribution is 9.10. The van der Waals surface area contributed by atoms with Crippen LogP contribution in [0, 0.1) is 22.7 Å². The highest BCUT2D eigenvalue weighted by atomic mass is 79.9. The van der Waals surface area contributed by atoms with Gasteiger partial charge >= 0.3 is 0 Å². The van der Waals surface area contributed by atoms with Crippen LogP contribution in [0.5, 0.6) is 0 Å². The third-order valence-electron chi connectivity index (χ3n) is 6.24. The summed E-state index contributed by atoms with van der Waals surface area (Å²) in [4.78, 5) is 15.3. The van der Waals surface area contributed by atoms with E-state index in [2.05, 4.69) is 22.0 Å². The predicted octanol–water partition coefficient (Wildman–Crippen LogP) is 4.76. The van der Waals surface area contributed by atoms with Crippen LogP contribution in [0.4, 0.5) is 0 Å². The van der Waals surface area contributed by atoms with Gasteiger partial charge in [-0.1, -0.05) is 70.0 Å². The van der Waals surface area contributed by atoms with Gasteiger partial charge in [0.2, 0.25) is 5.91 Å². The Kier molecular flexibility index (Phi) is 5.33. The molecule has 1 amide bonds.